The van der Waals surface area contributed by atoms with Crippen molar-refractivity contribution in [3.63, 3.8) is 0 Å². The lowest BCUT2D eigenvalue weighted by Crippen LogP contribution is -2.16. The number of amides is 1. The zero-order valence-corrected chi connectivity index (χ0v) is 14.4. The van der Waals surface area contributed by atoms with Crippen LogP contribution in [-0.4, -0.2) is 12.1 Å². The summed E-state index contributed by atoms with van der Waals surface area (Å²) in [5.74, 6) is -0.407. The van der Waals surface area contributed by atoms with Gasteiger partial charge in [-0.1, -0.05) is 24.3 Å². The van der Waals surface area contributed by atoms with Gasteiger partial charge in [-0.05, 0) is 53.8 Å². The molecule has 126 valence electrons. The second-order valence-corrected chi connectivity index (χ2v) is 6.28. The Bertz CT molecular complexity index is 832. The lowest BCUT2D eigenvalue weighted by Gasteiger charge is -2.17. The standard InChI is InChI=1S/C20H20N4O/c1-14-9-17-12-24(13-18(17)10-15(14)2)19-5-3-16(4-6-19)11-22-23-20(25)7-8-21/h3-6,9-11H,7,12-13H2,1-2H3,(H,23,25)/b22-11-. The Morgan fingerprint density at radius 3 is 2.36 bits per heavy atom. The fourth-order valence-corrected chi connectivity index (χ4v) is 2.94. The maximum Gasteiger partial charge on any atom is 0.254 e. The van der Waals surface area contributed by atoms with Crippen molar-refractivity contribution >= 4 is 17.8 Å². The number of nitrogens with one attached hydrogen (secondary N) is 1. The smallest absolute Gasteiger partial charge is 0.254 e. The Kier molecular flexibility index (Phi) is 4.80. The molecule has 0 unspecified atom stereocenters. The van der Waals surface area contributed by atoms with E-state index in [9.17, 15) is 4.79 Å². The number of fused-ring (bicyclic) bond motifs is 1. The van der Waals surface area contributed by atoms with Crippen molar-refractivity contribution in [1.82, 2.24) is 5.43 Å². The van der Waals surface area contributed by atoms with Gasteiger partial charge >= 0.3 is 0 Å². The predicted molar refractivity (Wildman–Crippen MR) is 98.2 cm³/mol. The van der Waals surface area contributed by atoms with E-state index in [0.29, 0.717) is 0 Å². The molecule has 0 fully saturated rings. The van der Waals surface area contributed by atoms with Crippen molar-refractivity contribution in [2.75, 3.05) is 4.90 Å². The molecule has 1 aliphatic heterocycles. The quantitative estimate of drug-likeness (QED) is 0.690. The lowest BCUT2D eigenvalue weighted by molar-refractivity contribution is -0.120. The number of carbonyl (C=O) groups is 1. The molecule has 5 heteroatoms. The molecule has 1 N–H and O–H groups in total. The van der Waals surface area contributed by atoms with E-state index in [0.717, 1.165) is 24.3 Å². The summed E-state index contributed by atoms with van der Waals surface area (Å²) in [5, 5.41) is 12.3. The average Bonchev–Trinajstić information content (AvgIpc) is 2.99. The number of carbonyl (C=O) groups excluding carboxylic acids is 1. The van der Waals surface area contributed by atoms with Crippen molar-refractivity contribution in [3.8, 4) is 6.07 Å². The second kappa shape index (κ2) is 7.18. The Balaban J connectivity index is 1.65. The van der Waals surface area contributed by atoms with Gasteiger partial charge in [0, 0.05) is 18.8 Å². The van der Waals surface area contributed by atoms with Crippen LogP contribution < -0.4 is 10.3 Å². The Morgan fingerprint density at radius 1 is 1.20 bits per heavy atom. The molecule has 0 atom stereocenters. The van der Waals surface area contributed by atoms with Crippen molar-refractivity contribution in [2.24, 2.45) is 5.10 Å². The van der Waals surface area contributed by atoms with Crippen LogP contribution >= 0.6 is 0 Å². The molecule has 2 aromatic carbocycles. The number of nitrogens with zero attached hydrogens (tertiary/aromatic N) is 3. The average molecular weight is 332 g/mol. The molecule has 0 aliphatic carbocycles. The molecule has 2 aromatic rings. The Hall–Kier alpha value is -3.13. The molecule has 25 heavy (non-hydrogen) atoms. The van der Waals surface area contributed by atoms with Gasteiger partial charge in [-0.3, -0.25) is 4.79 Å². The first-order valence-corrected chi connectivity index (χ1v) is 8.19. The van der Waals surface area contributed by atoms with Crippen LogP contribution in [0.25, 0.3) is 0 Å². The zero-order chi connectivity index (χ0) is 17.8. The summed E-state index contributed by atoms with van der Waals surface area (Å²) < 4.78 is 0. The van der Waals surface area contributed by atoms with Crippen LogP contribution in [-0.2, 0) is 17.9 Å². The highest BCUT2D eigenvalue weighted by Crippen LogP contribution is 2.30. The SMILES string of the molecule is Cc1cc2c(cc1C)CN(c1ccc(/C=N\NC(=O)CC#N)cc1)C2. The summed E-state index contributed by atoms with van der Waals surface area (Å²) in [6.07, 6.45) is 1.38. The number of nitriles is 1. The van der Waals surface area contributed by atoms with Gasteiger partial charge in [-0.25, -0.2) is 5.43 Å². The molecule has 3 rings (SSSR count). The van der Waals surface area contributed by atoms with Gasteiger partial charge in [0.1, 0.15) is 6.42 Å². The molecular formula is C20H20N4O. The minimum atomic E-state index is -0.407. The highest BCUT2D eigenvalue weighted by molar-refractivity contribution is 5.83. The number of rotatable bonds is 4. The van der Waals surface area contributed by atoms with Crippen LogP contribution in [0.4, 0.5) is 5.69 Å². The first-order valence-electron chi connectivity index (χ1n) is 8.19. The molecule has 0 bridgehead atoms. The normalized spacial score (nSPS) is 12.9. The van der Waals surface area contributed by atoms with E-state index in [2.05, 4.69) is 53.5 Å². The van der Waals surface area contributed by atoms with Crippen molar-refractivity contribution in [2.45, 2.75) is 33.4 Å². The van der Waals surface area contributed by atoms with Gasteiger partial charge in [0.05, 0.1) is 12.3 Å². The van der Waals surface area contributed by atoms with Crippen LogP contribution in [0.15, 0.2) is 41.5 Å². The molecule has 0 saturated heterocycles. The number of hydrazone groups is 1. The van der Waals surface area contributed by atoms with Crippen molar-refractivity contribution in [3.05, 3.63) is 64.2 Å². The number of aryl methyl sites for hydroxylation is 2. The van der Waals surface area contributed by atoms with Crippen LogP contribution in [0.2, 0.25) is 0 Å². The molecule has 1 amide bonds. The molecule has 0 saturated carbocycles. The summed E-state index contributed by atoms with van der Waals surface area (Å²) in [7, 11) is 0. The summed E-state index contributed by atoms with van der Waals surface area (Å²) >= 11 is 0. The van der Waals surface area contributed by atoms with Crippen LogP contribution in [0, 0.1) is 25.2 Å². The third-order valence-electron chi connectivity index (χ3n) is 4.44. The van der Waals surface area contributed by atoms with Gasteiger partial charge in [0.15, 0.2) is 0 Å². The van der Waals surface area contributed by atoms with Crippen LogP contribution in [0.3, 0.4) is 0 Å². The van der Waals surface area contributed by atoms with Gasteiger partial charge < -0.3 is 4.90 Å². The van der Waals surface area contributed by atoms with E-state index in [-0.39, 0.29) is 6.42 Å². The van der Waals surface area contributed by atoms with E-state index in [1.54, 1.807) is 12.3 Å². The molecule has 0 aromatic heterocycles. The van der Waals surface area contributed by atoms with E-state index in [4.69, 9.17) is 5.26 Å². The first-order chi connectivity index (χ1) is 12.1. The van der Waals surface area contributed by atoms with Crippen molar-refractivity contribution in [1.29, 1.82) is 5.26 Å². The molecule has 5 nitrogen and oxygen atoms in total. The highest BCUT2D eigenvalue weighted by Gasteiger charge is 2.19. The number of hydrogen-bond acceptors (Lipinski definition) is 4. The maximum absolute atomic E-state index is 11.2. The predicted octanol–water partition coefficient (Wildman–Crippen LogP) is 3.19. The molecule has 0 spiro atoms. The van der Waals surface area contributed by atoms with Gasteiger partial charge in [-0.2, -0.15) is 10.4 Å². The third-order valence-corrected chi connectivity index (χ3v) is 4.44. The van der Waals surface area contributed by atoms with E-state index in [1.807, 2.05) is 12.1 Å². The van der Waals surface area contributed by atoms with E-state index in [1.165, 1.54) is 22.3 Å². The number of benzene rings is 2. The largest absolute Gasteiger partial charge is 0.363 e. The Morgan fingerprint density at radius 2 is 1.80 bits per heavy atom. The van der Waals surface area contributed by atoms with Gasteiger partial charge in [0.25, 0.3) is 5.91 Å². The van der Waals surface area contributed by atoms with E-state index >= 15 is 0 Å². The molecule has 1 aliphatic rings. The first kappa shape index (κ1) is 16.7. The topological polar surface area (TPSA) is 68.5 Å². The summed E-state index contributed by atoms with van der Waals surface area (Å²) in [6.45, 7) is 6.16. The minimum Gasteiger partial charge on any atom is -0.363 e. The molecular weight excluding hydrogens is 312 g/mol. The number of anilines is 1. The number of hydrogen-bond donors (Lipinski definition) is 1. The zero-order valence-electron chi connectivity index (χ0n) is 14.4. The van der Waals surface area contributed by atoms with Gasteiger partial charge in [-0.15, -0.1) is 0 Å². The molecule has 1 heterocycles. The fraction of sp³-hybridized carbons (Fsp3) is 0.250. The second-order valence-electron chi connectivity index (χ2n) is 6.28. The monoisotopic (exact) mass is 332 g/mol. The van der Waals surface area contributed by atoms with Crippen LogP contribution in [0.5, 0.6) is 0 Å². The lowest BCUT2D eigenvalue weighted by atomic mass is 10.0. The van der Waals surface area contributed by atoms with E-state index < -0.39 is 5.91 Å². The van der Waals surface area contributed by atoms with Crippen molar-refractivity contribution < 1.29 is 4.79 Å². The molecule has 0 radical (unpaired) electrons. The summed E-state index contributed by atoms with van der Waals surface area (Å²) in [5.41, 5.74) is 9.85. The minimum absolute atomic E-state index is 0.190. The van der Waals surface area contributed by atoms with Crippen LogP contribution in [0.1, 0.15) is 34.2 Å². The highest BCUT2D eigenvalue weighted by atomic mass is 16.2. The Labute approximate surface area is 147 Å². The van der Waals surface area contributed by atoms with Gasteiger partial charge in [0.2, 0.25) is 0 Å². The summed E-state index contributed by atoms with van der Waals surface area (Å²) in [4.78, 5) is 13.5. The summed E-state index contributed by atoms with van der Waals surface area (Å²) in [6, 6.07) is 14.4. The third kappa shape index (κ3) is 3.86. The maximum atomic E-state index is 11.2. The fourth-order valence-electron chi connectivity index (χ4n) is 2.94.